The summed E-state index contributed by atoms with van der Waals surface area (Å²) >= 11 is 1.65. The van der Waals surface area contributed by atoms with Gasteiger partial charge in [0.2, 0.25) is 0 Å². The number of aryl methyl sites for hydroxylation is 1. The van der Waals surface area contributed by atoms with E-state index in [0.29, 0.717) is 6.54 Å². The van der Waals surface area contributed by atoms with Crippen molar-refractivity contribution in [2.45, 2.75) is 33.4 Å². The van der Waals surface area contributed by atoms with Crippen LogP contribution in [0.5, 0.6) is 0 Å². The van der Waals surface area contributed by atoms with Crippen LogP contribution in [-0.4, -0.2) is 32.9 Å². The molecule has 2 aromatic rings. The second-order valence-electron chi connectivity index (χ2n) is 5.27. The highest BCUT2D eigenvalue weighted by atomic mass is 32.1. The van der Waals surface area contributed by atoms with Gasteiger partial charge in [-0.3, -0.25) is 9.78 Å². The Balaban J connectivity index is 2.26. The molecule has 0 aliphatic heterocycles. The second-order valence-corrected chi connectivity index (χ2v) is 6.65. The molecule has 0 saturated carbocycles. The summed E-state index contributed by atoms with van der Waals surface area (Å²) in [5, 5.41) is 9.03. The normalized spacial score (nSPS) is 10.7. The molecule has 0 spiro atoms. The highest BCUT2D eigenvalue weighted by Gasteiger charge is 2.21. The highest BCUT2D eigenvalue weighted by molar-refractivity contribution is 7.11. The minimum absolute atomic E-state index is 0.00908. The topological polar surface area (TPSA) is 70.5 Å². The van der Waals surface area contributed by atoms with E-state index in [-0.39, 0.29) is 23.2 Å². The summed E-state index contributed by atoms with van der Waals surface area (Å²) in [7, 11) is 0. The number of aromatic carboxylic acids is 1. The summed E-state index contributed by atoms with van der Waals surface area (Å²) in [6.45, 7) is 6.38. The van der Waals surface area contributed by atoms with Crippen LogP contribution in [0, 0.1) is 6.92 Å². The van der Waals surface area contributed by atoms with Crippen LogP contribution >= 0.6 is 11.3 Å². The lowest BCUT2D eigenvalue weighted by molar-refractivity contribution is 0.0686. The van der Waals surface area contributed by atoms with Crippen molar-refractivity contribution in [2.24, 2.45) is 0 Å². The molecule has 1 amide bonds. The molecule has 5 nitrogen and oxygen atoms in total. The molecule has 0 unspecified atom stereocenters. The lowest BCUT2D eigenvalue weighted by Crippen LogP contribution is -2.36. The first-order valence-electron chi connectivity index (χ1n) is 6.94. The van der Waals surface area contributed by atoms with Crippen molar-refractivity contribution in [3.05, 3.63) is 51.5 Å². The van der Waals surface area contributed by atoms with E-state index in [1.54, 1.807) is 16.2 Å². The van der Waals surface area contributed by atoms with Gasteiger partial charge in [-0.15, -0.1) is 11.3 Å². The van der Waals surface area contributed by atoms with E-state index in [0.717, 1.165) is 4.88 Å². The quantitative estimate of drug-likeness (QED) is 0.919. The van der Waals surface area contributed by atoms with Crippen LogP contribution in [0.15, 0.2) is 30.5 Å². The maximum atomic E-state index is 12.6. The number of pyridine rings is 1. The first-order chi connectivity index (χ1) is 10.4. The summed E-state index contributed by atoms with van der Waals surface area (Å²) in [6.07, 6.45) is 1.35. The van der Waals surface area contributed by atoms with Gasteiger partial charge in [0.15, 0.2) is 0 Å². The van der Waals surface area contributed by atoms with Crippen LogP contribution in [0.4, 0.5) is 0 Å². The molecule has 2 aromatic heterocycles. The molecule has 0 atom stereocenters. The monoisotopic (exact) mass is 318 g/mol. The number of amides is 1. The Bertz CT molecular complexity index is 694. The van der Waals surface area contributed by atoms with E-state index in [4.69, 9.17) is 5.11 Å². The molecule has 0 aliphatic rings. The largest absolute Gasteiger partial charge is 0.478 e. The van der Waals surface area contributed by atoms with Gasteiger partial charge in [-0.2, -0.15) is 0 Å². The van der Waals surface area contributed by atoms with Gasteiger partial charge in [-0.25, -0.2) is 4.79 Å². The number of carbonyl (C=O) groups is 2. The lowest BCUT2D eigenvalue weighted by Gasteiger charge is -2.26. The predicted octanol–water partition coefficient (Wildman–Crippen LogP) is 3.20. The van der Waals surface area contributed by atoms with Gasteiger partial charge in [0.05, 0.1) is 12.1 Å². The molecular formula is C16H18N2O3S. The fraction of sp³-hybridized carbons (Fsp3) is 0.312. The number of thiophene rings is 1. The molecule has 0 fully saturated rings. The number of carboxylic acid groups (broad SMARTS) is 1. The van der Waals surface area contributed by atoms with E-state index in [1.807, 2.05) is 32.9 Å². The van der Waals surface area contributed by atoms with E-state index >= 15 is 0 Å². The van der Waals surface area contributed by atoms with Gasteiger partial charge < -0.3 is 10.0 Å². The molecule has 0 aliphatic carbocycles. The number of carboxylic acids is 1. The van der Waals surface area contributed by atoms with Crippen LogP contribution < -0.4 is 0 Å². The number of carbonyl (C=O) groups excluding carboxylic acids is 1. The molecule has 0 radical (unpaired) electrons. The lowest BCUT2D eigenvalue weighted by atomic mass is 10.2. The molecule has 2 rings (SSSR count). The van der Waals surface area contributed by atoms with Gasteiger partial charge in [0, 0.05) is 22.0 Å². The Hall–Kier alpha value is -2.21. The highest BCUT2D eigenvalue weighted by Crippen LogP contribution is 2.20. The first-order valence-corrected chi connectivity index (χ1v) is 7.75. The number of nitrogens with zero attached hydrogens (tertiary/aromatic N) is 2. The van der Waals surface area contributed by atoms with Crippen molar-refractivity contribution < 1.29 is 14.7 Å². The Morgan fingerprint density at radius 3 is 2.59 bits per heavy atom. The van der Waals surface area contributed by atoms with Gasteiger partial charge in [0.25, 0.3) is 5.91 Å². The van der Waals surface area contributed by atoms with Crippen LogP contribution in [0.2, 0.25) is 0 Å². The Labute approximate surface area is 133 Å². The summed E-state index contributed by atoms with van der Waals surface area (Å²) < 4.78 is 0. The van der Waals surface area contributed by atoms with E-state index in [9.17, 15) is 9.59 Å². The average molecular weight is 318 g/mol. The predicted molar refractivity (Wildman–Crippen MR) is 85.3 cm³/mol. The zero-order valence-electron chi connectivity index (χ0n) is 12.7. The molecule has 0 saturated heterocycles. The SMILES string of the molecule is Cc1ccc(CN(C(=O)c2cc(C(=O)O)ccn2)C(C)C)s1. The molecule has 2 heterocycles. The molecule has 0 aromatic carbocycles. The van der Waals surface area contributed by atoms with Crippen molar-refractivity contribution in [1.29, 1.82) is 0 Å². The van der Waals surface area contributed by atoms with Gasteiger partial charge in [0.1, 0.15) is 5.69 Å². The van der Waals surface area contributed by atoms with Crippen LogP contribution in [0.1, 0.15) is 44.4 Å². The van der Waals surface area contributed by atoms with Crippen molar-refractivity contribution in [3.63, 3.8) is 0 Å². The third-order valence-electron chi connectivity index (χ3n) is 3.23. The first kappa shape index (κ1) is 16.2. The van der Waals surface area contributed by atoms with Gasteiger partial charge in [-0.1, -0.05) is 0 Å². The smallest absolute Gasteiger partial charge is 0.335 e. The maximum Gasteiger partial charge on any atom is 0.335 e. The van der Waals surface area contributed by atoms with Crippen molar-refractivity contribution >= 4 is 23.2 Å². The third-order valence-corrected chi connectivity index (χ3v) is 4.22. The number of rotatable bonds is 5. The second kappa shape index (κ2) is 6.70. The molecule has 22 heavy (non-hydrogen) atoms. The third kappa shape index (κ3) is 3.71. The van der Waals surface area contributed by atoms with Gasteiger partial charge >= 0.3 is 5.97 Å². The molecule has 1 N–H and O–H groups in total. The standard InChI is InChI=1S/C16H18N2O3S/c1-10(2)18(9-13-5-4-11(3)22-13)15(19)14-8-12(16(20)21)6-7-17-14/h4-8,10H,9H2,1-3H3,(H,20,21). The zero-order valence-corrected chi connectivity index (χ0v) is 13.6. The minimum Gasteiger partial charge on any atom is -0.478 e. The van der Waals surface area contributed by atoms with Crippen LogP contribution in [0.3, 0.4) is 0 Å². The van der Waals surface area contributed by atoms with E-state index in [2.05, 4.69) is 4.98 Å². The minimum atomic E-state index is -1.07. The number of hydrogen-bond donors (Lipinski definition) is 1. The summed E-state index contributed by atoms with van der Waals surface area (Å²) in [5.74, 6) is -1.33. The van der Waals surface area contributed by atoms with Crippen LogP contribution in [0.25, 0.3) is 0 Å². The zero-order chi connectivity index (χ0) is 16.3. The Morgan fingerprint density at radius 1 is 1.32 bits per heavy atom. The Kier molecular flexibility index (Phi) is 4.92. The van der Waals surface area contributed by atoms with Gasteiger partial charge in [-0.05, 0) is 45.0 Å². The number of hydrogen-bond acceptors (Lipinski definition) is 4. The fourth-order valence-electron chi connectivity index (χ4n) is 2.05. The molecule has 0 bridgehead atoms. The van der Waals surface area contributed by atoms with E-state index < -0.39 is 5.97 Å². The molecular weight excluding hydrogens is 300 g/mol. The van der Waals surface area contributed by atoms with E-state index in [1.165, 1.54) is 23.2 Å². The summed E-state index contributed by atoms with van der Waals surface area (Å²) in [4.78, 5) is 31.7. The van der Waals surface area contributed by atoms with Crippen LogP contribution in [-0.2, 0) is 6.54 Å². The van der Waals surface area contributed by atoms with Crippen molar-refractivity contribution in [2.75, 3.05) is 0 Å². The fourth-order valence-corrected chi connectivity index (χ4v) is 2.94. The molecule has 6 heteroatoms. The summed E-state index contributed by atoms with van der Waals surface area (Å²) in [6, 6.07) is 6.71. The van der Waals surface area contributed by atoms with Crippen molar-refractivity contribution in [3.8, 4) is 0 Å². The number of aromatic nitrogens is 1. The molecule has 116 valence electrons. The Morgan fingerprint density at radius 2 is 2.05 bits per heavy atom. The average Bonchev–Trinajstić information content (AvgIpc) is 2.89. The summed E-state index contributed by atoms with van der Waals surface area (Å²) in [5.41, 5.74) is 0.218. The van der Waals surface area contributed by atoms with Crippen molar-refractivity contribution in [1.82, 2.24) is 9.88 Å². The maximum absolute atomic E-state index is 12.6.